The maximum atomic E-state index is 12.4. The van der Waals surface area contributed by atoms with Gasteiger partial charge in [-0.05, 0) is 48.6 Å². The summed E-state index contributed by atoms with van der Waals surface area (Å²) in [5.74, 6) is 1.85. The number of carbonyl (C=O) groups is 1. The van der Waals surface area contributed by atoms with Gasteiger partial charge in [-0.3, -0.25) is 4.79 Å². The Morgan fingerprint density at radius 2 is 1.90 bits per heavy atom. The predicted molar refractivity (Wildman–Crippen MR) is 121 cm³/mol. The Bertz CT molecular complexity index is 979. The average Bonchev–Trinajstić information content (AvgIpc) is 3.22. The third kappa shape index (κ3) is 4.67. The van der Waals surface area contributed by atoms with Crippen LogP contribution < -0.4 is 19.7 Å². The van der Waals surface area contributed by atoms with Crippen LogP contribution in [0.25, 0.3) is 10.2 Å². The first-order chi connectivity index (χ1) is 14.7. The molecule has 0 atom stereocenters. The van der Waals surface area contributed by atoms with Crippen molar-refractivity contribution >= 4 is 32.6 Å². The molecule has 0 radical (unpaired) electrons. The number of anilines is 1. The second kappa shape index (κ2) is 9.34. The van der Waals surface area contributed by atoms with E-state index in [1.807, 2.05) is 24.3 Å². The van der Waals surface area contributed by atoms with Crippen LogP contribution in [0.5, 0.6) is 11.5 Å². The molecular formula is C23H27N3O3S. The summed E-state index contributed by atoms with van der Waals surface area (Å²) in [6, 6.07) is 13.9. The fraction of sp³-hybridized carbons (Fsp3) is 0.391. The van der Waals surface area contributed by atoms with Crippen LogP contribution in [0.15, 0.2) is 42.5 Å². The SMILES string of the molecule is COc1ccc(CC(=O)NCC2CCN(c3nc4ccccc4s3)CC2)cc1OC. The van der Waals surface area contributed by atoms with Gasteiger partial charge in [0.15, 0.2) is 16.6 Å². The minimum Gasteiger partial charge on any atom is -0.493 e. The Morgan fingerprint density at radius 1 is 1.13 bits per heavy atom. The number of rotatable bonds is 7. The predicted octanol–water partition coefficient (Wildman–Crippen LogP) is 3.89. The van der Waals surface area contributed by atoms with E-state index >= 15 is 0 Å². The van der Waals surface area contributed by atoms with Gasteiger partial charge in [0.1, 0.15) is 0 Å². The lowest BCUT2D eigenvalue weighted by Gasteiger charge is -2.31. The van der Waals surface area contributed by atoms with Gasteiger partial charge >= 0.3 is 0 Å². The lowest BCUT2D eigenvalue weighted by molar-refractivity contribution is -0.120. The highest BCUT2D eigenvalue weighted by molar-refractivity contribution is 7.22. The number of nitrogens with one attached hydrogen (secondary N) is 1. The Morgan fingerprint density at radius 3 is 2.63 bits per heavy atom. The quantitative estimate of drug-likeness (QED) is 0.622. The van der Waals surface area contributed by atoms with Crippen molar-refractivity contribution in [2.45, 2.75) is 19.3 Å². The first-order valence-electron chi connectivity index (χ1n) is 10.2. The number of nitrogens with zero attached hydrogens (tertiary/aromatic N) is 2. The molecule has 4 rings (SSSR count). The molecule has 0 saturated carbocycles. The molecule has 2 heterocycles. The monoisotopic (exact) mass is 425 g/mol. The molecule has 0 unspecified atom stereocenters. The molecular weight excluding hydrogens is 398 g/mol. The number of thiazole rings is 1. The molecule has 1 aliphatic heterocycles. The van der Waals surface area contributed by atoms with Gasteiger partial charge in [-0.1, -0.05) is 29.5 Å². The van der Waals surface area contributed by atoms with Crippen molar-refractivity contribution in [2.75, 3.05) is 38.8 Å². The first-order valence-corrected chi connectivity index (χ1v) is 11.1. The third-order valence-electron chi connectivity index (χ3n) is 5.57. The van der Waals surface area contributed by atoms with Crippen molar-refractivity contribution in [3.05, 3.63) is 48.0 Å². The van der Waals surface area contributed by atoms with E-state index in [4.69, 9.17) is 14.5 Å². The Balaban J connectivity index is 1.25. The third-order valence-corrected chi connectivity index (χ3v) is 6.67. The Labute approximate surface area is 180 Å². The molecule has 6 nitrogen and oxygen atoms in total. The number of benzene rings is 2. The van der Waals surface area contributed by atoms with Gasteiger partial charge in [-0.15, -0.1) is 0 Å². The lowest BCUT2D eigenvalue weighted by Crippen LogP contribution is -2.39. The van der Waals surface area contributed by atoms with Crippen LogP contribution in [0.4, 0.5) is 5.13 Å². The number of hydrogen-bond donors (Lipinski definition) is 1. The highest BCUT2D eigenvalue weighted by Gasteiger charge is 2.22. The highest BCUT2D eigenvalue weighted by Crippen LogP contribution is 2.31. The normalized spacial score (nSPS) is 14.7. The van der Waals surface area contributed by atoms with Crippen LogP contribution >= 0.6 is 11.3 Å². The summed E-state index contributed by atoms with van der Waals surface area (Å²) in [7, 11) is 3.20. The van der Waals surface area contributed by atoms with Gasteiger partial charge in [0.2, 0.25) is 5.91 Å². The van der Waals surface area contributed by atoms with E-state index < -0.39 is 0 Å². The Kier molecular flexibility index (Phi) is 6.38. The molecule has 1 aliphatic rings. The maximum Gasteiger partial charge on any atom is 0.224 e. The molecule has 0 aliphatic carbocycles. The van der Waals surface area contributed by atoms with Crippen molar-refractivity contribution in [1.82, 2.24) is 10.3 Å². The second-order valence-electron chi connectivity index (χ2n) is 7.56. The highest BCUT2D eigenvalue weighted by atomic mass is 32.1. The fourth-order valence-corrected chi connectivity index (χ4v) is 4.84. The number of aromatic nitrogens is 1. The average molecular weight is 426 g/mol. The minimum absolute atomic E-state index is 0.0378. The van der Waals surface area contributed by atoms with E-state index in [0.717, 1.165) is 48.7 Å². The summed E-state index contributed by atoms with van der Waals surface area (Å²) in [6.45, 7) is 2.69. The lowest BCUT2D eigenvalue weighted by atomic mass is 9.97. The van der Waals surface area contributed by atoms with Gasteiger partial charge < -0.3 is 19.7 Å². The second-order valence-corrected chi connectivity index (χ2v) is 8.57. The molecule has 2 aromatic carbocycles. The summed E-state index contributed by atoms with van der Waals surface area (Å²) in [5, 5.41) is 4.20. The summed E-state index contributed by atoms with van der Waals surface area (Å²) in [6.07, 6.45) is 2.46. The molecule has 0 spiro atoms. The molecule has 3 aromatic rings. The number of ether oxygens (including phenoxy) is 2. The van der Waals surface area contributed by atoms with Crippen LogP contribution in [0.1, 0.15) is 18.4 Å². The standard InChI is InChI=1S/C23H27N3O3S/c1-28-19-8-7-17(13-20(19)29-2)14-22(27)24-15-16-9-11-26(12-10-16)23-25-18-5-3-4-6-21(18)30-23/h3-8,13,16H,9-12,14-15H2,1-2H3,(H,24,27). The zero-order valence-corrected chi connectivity index (χ0v) is 18.2. The molecule has 7 heteroatoms. The smallest absolute Gasteiger partial charge is 0.224 e. The summed E-state index contributed by atoms with van der Waals surface area (Å²) < 4.78 is 11.8. The van der Waals surface area contributed by atoms with Crippen molar-refractivity contribution in [3.8, 4) is 11.5 Å². The summed E-state index contributed by atoms with van der Waals surface area (Å²) >= 11 is 1.76. The van der Waals surface area contributed by atoms with E-state index in [0.29, 0.717) is 23.8 Å². The number of piperidine rings is 1. The number of methoxy groups -OCH3 is 2. The summed E-state index contributed by atoms with van der Waals surface area (Å²) in [5.41, 5.74) is 1.98. The van der Waals surface area contributed by atoms with Crippen LogP contribution in [-0.2, 0) is 11.2 Å². The van der Waals surface area contributed by atoms with Crippen molar-refractivity contribution in [2.24, 2.45) is 5.92 Å². The van der Waals surface area contributed by atoms with Crippen LogP contribution in [0.2, 0.25) is 0 Å². The zero-order chi connectivity index (χ0) is 20.9. The number of fused-ring (bicyclic) bond motifs is 1. The first kappa shape index (κ1) is 20.5. The van der Waals surface area contributed by atoms with Gasteiger partial charge in [-0.25, -0.2) is 4.98 Å². The van der Waals surface area contributed by atoms with E-state index in [9.17, 15) is 4.79 Å². The van der Waals surface area contributed by atoms with E-state index in [1.54, 1.807) is 25.6 Å². The molecule has 1 amide bonds. The maximum absolute atomic E-state index is 12.4. The van der Waals surface area contributed by atoms with Crippen molar-refractivity contribution < 1.29 is 14.3 Å². The molecule has 30 heavy (non-hydrogen) atoms. The minimum atomic E-state index is 0.0378. The van der Waals surface area contributed by atoms with E-state index in [1.165, 1.54) is 4.70 Å². The summed E-state index contributed by atoms with van der Waals surface area (Å²) in [4.78, 5) is 19.5. The van der Waals surface area contributed by atoms with Crippen LogP contribution in [0, 0.1) is 5.92 Å². The molecule has 1 saturated heterocycles. The largest absolute Gasteiger partial charge is 0.493 e. The van der Waals surface area contributed by atoms with Gasteiger partial charge in [0.25, 0.3) is 0 Å². The van der Waals surface area contributed by atoms with Gasteiger partial charge in [-0.2, -0.15) is 0 Å². The molecule has 158 valence electrons. The molecule has 1 N–H and O–H groups in total. The molecule has 1 aromatic heterocycles. The van der Waals surface area contributed by atoms with Crippen LogP contribution in [0.3, 0.4) is 0 Å². The number of carbonyl (C=O) groups excluding carboxylic acids is 1. The van der Waals surface area contributed by atoms with Gasteiger partial charge in [0, 0.05) is 19.6 Å². The Hall–Kier alpha value is -2.80. The van der Waals surface area contributed by atoms with E-state index in [2.05, 4.69) is 28.4 Å². The van der Waals surface area contributed by atoms with Crippen molar-refractivity contribution in [3.63, 3.8) is 0 Å². The molecule has 1 fully saturated rings. The number of amides is 1. The van der Waals surface area contributed by atoms with E-state index in [-0.39, 0.29) is 5.91 Å². The number of hydrogen-bond acceptors (Lipinski definition) is 6. The van der Waals surface area contributed by atoms with Crippen molar-refractivity contribution in [1.29, 1.82) is 0 Å². The number of para-hydroxylation sites is 1. The zero-order valence-electron chi connectivity index (χ0n) is 17.4. The van der Waals surface area contributed by atoms with Crippen LogP contribution in [-0.4, -0.2) is 44.7 Å². The fourth-order valence-electron chi connectivity index (χ4n) is 3.82. The van der Waals surface area contributed by atoms with Gasteiger partial charge in [0.05, 0.1) is 30.9 Å². The molecule has 0 bridgehead atoms. The topological polar surface area (TPSA) is 63.7 Å².